The second kappa shape index (κ2) is 10.8. The van der Waals surface area contributed by atoms with Gasteiger partial charge in [0.1, 0.15) is 5.75 Å². The highest BCUT2D eigenvalue weighted by atomic mass is 32.2. The molecule has 0 saturated heterocycles. The van der Waals surface area contributed by atoms with Crippen molar-refractivity contribution in [2.24, 2.45) is 0 Å². The number of hydrogen-bond acceptors (Lipinski definition) is 6. The van der Waals surface area contributed by atoms with Crippen LogP contribution in [0.4, 0.5) is 5.69 Å². The molecule has 0 heterocycles. The van der Waals surface area contributed by atoms with Crippen molar-refractivity contribution in [3.8, 4) is 17.2 Å². The largest absolute Gasteiger partial charge is 0.495 e. The molecule has 2 aromatic rings. The zero-order valence-corrected chi connectivity index (χ0v) is 19.2. The molecule has 31 heavy (non-hydrogen) atoms. The number of anilines is 1. The molecule has 0 fully saturated rings. The third-order valence-corrected chi connectivity index (χ3v) is 6.10. The molecule has 0 aliphatic carbocycles. The van der Waals surface area contributed by atoms with Crippen LogP contribution in [-0.2, 0) is 14.8 Å². The first-order chi connectivity index (χ1) is 14.7. The van der Waals surface area contributed by atoms with Crippen molar-refractivity contribution in [1.29, 1.82) is 0 Å². The second-order valence-corrected chi connectivity index (χ2v) is 8.88. The number of carbonyl (C=O) groups is 1. The Balaban J connectivity index is 2.21. The summed E-state index contributed by atoms with van der Waals surface area (Å²) in [5.74, 6) is 1.11. The second-order valence-electron chi connectivity index (χ2n) is 6.73. The number of nitrogens with zero attached hydrogens (tertiary/aromatic N) is 1. The Morgan fingerprint density at radius 1 is 1.03 bits per heavy atom. The Morgan fingerprint density at radius 2 is 1.71 bits per heavy atom. The molecule has 0 aromatic heterocycles. The average Bonchev–Trinajstić information content (AvgIpc) is 2.76. The van der Waals surface area contributed by atoms with Crippen molar-refractivity contribution in [3.05, 3.63) is 48.0 Å². The van der Waals surface area contributed by atoms with Gasteiger partial charge in [-0.2, -0.15) is 0 Å². The first-order valence-corrected chi connectivity index (χ1v) is 11.1. The minimum Gasteiger partial charge on any atom is -0.495 e. The van der Waals surface area contributed by atoms with Gasteiger partial charge in [-0.05, 0) is 48.4 Å². The number of nitrogens with one attached hydrogen (secondary N) is 1. The van der Waals surface area contributed by atoms with Crippen LogP contribution >= 0.6 is 0 Å². The van der Waals surface area contributed by atoms with Gasteiger partial charge in [0.15, 0.2) is 11.5 Å². The van der Waals surface area contributed by atoms with E-state index < -0.39 is 15.9 Å². The summed E-state index contributed by atoms with van der Waals surface area (Å²) >= 11 is 0. The minimum absolute atomic E-state index is 0.0463. The molecule has 0 spiro atoms. The van der Waals surface area contributed by atoms with Crippen LogP contribution in [0.25, 0.3) is 6.08 Å². The van der Waals surface area contributed by atoms with E-state index in [9.17, 15) is 13.2 Å². The maximum Gasteiger partial charge on any atom is 0.248 e. The number of amides is 1. The lowest BCUT2D eigenvalue weighted by Gasteiger charge is -2.14. The Bertz CT molecular complexity index is 1050. The Labute approximate surface area is 183 Å². The highest BCUT2D eigenvalue weighted by Gasteiger charge is 2.19. The van der Waals surface area contributed by atoms with Gasteiger partial charge in [-0.3, -0.25) is 4.79 Å². The summed E-state index contributed by atoms with van der Waals surface area (Å²) < 4.78 is 42.0. The molecule has 0 aliphatic rings. The summed E-state index contributed by atoms with van der Waals surface area (Å²) in [6.07, 6.45) is 3.84. The van der Waals surface area contributed by atoms with E-state index in [4.69, 9.17) is 14.2 Å². The normalized spacial score (nSPS) is 11.5. The van der Waals surface area contributed by atoms with Crippen molar-refractivity contribution in [1.82, 2.24) is 4.31 Å². The van der Waals surface area contributed by atoms with E-state index in [2.05, 4.69) is 5.32 Å². The first kappa shape index (κ1) is 24.2. The van der Waals surface area contributed by atoms with E-state index in [0.717, 1.165) is 16.3 Å². The SMILES string of the molecule is CCCOc1ccc(/C=C/C(=O)Nc2cc(S(=O)(=O)N(C)C)ccc2OC)cc1OC. The fourth-order valence-corrected chi connectivity index (χ4v) is 3.55. The maximum atomic E-state index is 12.4. The van der Waals surface area contributed by atoms with Crippen LogP contribution in [0.15, 0.2) is 47.4 Å². The topological polar surface area (TPSA) is 94.2 Å². The van der Waals surface area contributed by atoms with Gasteiger partial charge >= 0.3 is 0 Å². The molecule has 1 N–H and O–H groups in total. The predicted octanol–water partition coefficient (Wildman–Crippen LogP) is 3.39. The third-order valence-electron chi connectivity index (χ3n) is 4.28. The molecule has 0 unspecified atom stereocenters. The van der Waals surface area contributed by atoms with E-state index in [0.29, 0.717) is 23.9 Å². The third kappa shape index (κ3) is 6.22. The molecule has 1 amide bonds. The number of benzene rings is 2. The van der Waals surface area contributed by atoms with Gasteiger partial charge in [0.25, 0.3) is 0 Å². The molecule has 0 bridgehead atoms. The van der Waals surface area contributed by atoms with Crippen LogP contribution in [0, 0.1) is 0 Å². The molecule has 0 aliphatic heterocycles. The molecule has 2 aromatic carbocycles. The Hall–Kier alpha value is -3.04. The van der Waals surface area contributed by atoms with Crippen molar-refractivity contribution in [3.63, 3.8) is 0 Å². The van der Waals surface area contributed by atoms with Gasteiger partial charge < -0.3 is 19.5 Å². The number of carbonyl (C=O) groups excluding carboxylic acids is 1. The van der Waals surface area contributed by atoms with Gasteiger partial charge in [-0.25, -0.2) is 12.7 Å². The Kier molecular flexibility index (Phi) is 8.47. The van der Waals surface area contributed by atoms with Crippen LogP contribution in [0.2, 0.25) is 0 Å². The van der Waals surface area contributed by atoms with E-state index in [1.807, 2.05) is 13.0 Å². The standard InChI is InChI=1S/C22H28N2O6S/c1-6-13-30-20-10-7-16(14-21(20)29-5)8-12-22(25)23-18-15-17(9-11-19(18)28-4)31(26,27)24(2)3/h7-12,14-15H,6,13H2,1-5H3,(H,23,25)/b12-8+. The van der Waals surface area contributed by atoms with E-state index in [-0.39, 0.29) is 10.6 Å². The summed E-state index contributed by atoms with van der Waals surface area (Å²) in [5.41, 5.74) is 0.993. The van der Waals surface area contributed by atoms with Crippen LogP contribution in [0.1, 0.15) is 18.9 Å². The molecular formula is C22H28N2O6S. The lowest BCUT2D eigenvalue weighted by molar-refractivity contribution is -0.111. The van der Waals surface area contributed by atoms with Crippen LogP contribution in [0.5, 0.6) is 17.2 Å². The quantitative estimate of drug-likeness (QED) is 0.560. The fourth-order valence-electron chi connectivity index (χ4n) is 2.62. The van der Waals surface area contributed by atoms with Crippen LogP contribution in [0.3, 0.4) is 0 Å². The van der Waals surface area contributed by atoms with Gasteiger partial charge in [-0.1, -0.05) is 13.0 Å². The van der Waals surface area contributed by atoms with Crippen LogP contribution in [-0.4, -0.2) is 53.6 Å². The smallest absolute Gasteiger partial charge is 0.248 e. The molecule has 9 heteroatoms. The predicted molar refractivity (Wildman–Crippen MR) is 120 cm³/mol. The molecular weight excluding hydrogens is 420 g/mol. The van der Waals surface area contributed by atoms with Crippen molar-refractivity contribution in [2.75, 3.05) is 40.2 Å². The van der Waals surface area contributed by atoms with E-state index >= 15 is 0 Å². The zero-order valence-electron chi connectivity index (χ0n) is 18.3. The molecule has 2 rings (SSSR count). The summed E-state index contributed by atoms with van der Waals surface area (Å²) in [6, 6.07) is 9.64. The molecule has 8 nitrogen and oxygen atoms in total. The highest BCUT2D eigenvalue weighted by molar-refractivity contribution is 7.89. The minimum atomic E-state index is -3.65. The van der Waals surface area contributed by atoms with E-state index in [1.165, 1.54) is 45.5 Å². The summed E-state index contributed by atoms with van der Waals surface area (Å²) in [6.45, 7) is 2.60. The monoisotopic (exact) mass is 448 g/mol. The van der Waals surface area contributed by atoms with Gasteiger partial charge in [0.05, 0.1) is 31.4 Å². The molecule has 168 valence electrons. The summed E-state index contributed by atoms with van der Waals surface area (Å²) in [7, 11) is 2.22. The van der Waals surface area contributed by atoms with Crippen molar-refractivity contribution < 1.29 is 27.4 Å². The lowest BCUT2D eigenvalue weighted by Crippen LogP contribution is -2.22. The van der Waals surface area contributed by atoms with Gasteiger partial charge in [0, 0.05) is 20.2 Å². The highest BCUT2D eigenvalue weighted by Crippen LogP contribution is 2.30. The van der Waals surface area contributed by atoms with Crippen molar-refractivity contribution in [2.45, 2.75) is 18.2 Å². The number of rotatable bonds is 10. The number of ether oxygens (including phenoxy) is 3. The summed E-state index contributed by atoms with van der Waals surface area (Å²) in [4.78, 5) is 12.5. The van der Waals surface area contributed by atoms with Crippen molar-refractivity contribution >= 4 is 27.7 Å². The molecule has 0 radical (unpaired) electrons. The summed E-state index contributed by atoms with van der Waals surface area (Å²) in [5, 5.41) is 2.66. The fraction of sp³-hybridized carbons (Fsp3) is 0.318. The molecule has 0 atom stereocenters. The first-order valence-electron chi connectivity index (χ1n) is 9.63. The zero-order chi connectivity index (χ0) is 23.0. The van der Waals surface area contributed by atoms with Crippen LogP contribution < -0.4 is 19.5 Å². The number of hydrogen-bond donors (Lipinski definition) is 1. The number of sulfonamides is 1. The Morgan fingerprint density at radius 3 is 2.32 bits per heavy atom. The number of methoxy groups -OCH3 is 2. The lowest BCUT2D eigenvalue weighted by atomic mass is 10.2. The molecule has 0 saturated carbocycles. The average molecular weight is 449 g/mol. The van der Waals surface area contributed by atoms with Gasteiger partial charge in [0.2, 0.25) is 15.9 Å². The van der Waals surface area contributed by atoms with Gasteiger partial charge in [-0.15, -0.1) is 0 Å². The maximum absolute atomic E-state index is 12.4. The van der Waals surface area contributed by atoms with E-state index in [1.54, 1.807) is 25.3 Å².